The van der Waals surface area contributed by atoms with Gasteiger partial charge >= 0.3 is 11.9 Å². The molecule has 9 nitrogen and oxygen atoms in total. The number of carboxylic acids is 2. The van der Waals surface area contributed by atoms with E-state index in [1.807, 2.05) is 0 Å². The zero-order valence-corrected chi connectivity index (χ0v) is 16.3. The summed E-state index contributed by atoms with van der Waals surface area (Å²) in [6.45, 7) is 1.35. The summed E-state index contributed by atoms with van der Waals surface area (Å²) in [6.07, 6.45) is 4.17. The SMILES string of the molecule is O=C(O)COc1ccc(CCNC(=O)CCC2CCNCC2)cc1OCC(=O)O. The smallest absolute Gasteiger partial charge is 0.341 e. The summed E-state index contributed by atoms with van der Waals surface area (Å²) in [5, 5.41) is 23.7. The Hall–Kier alpha value is -2.81. The van der Waals surface area contributed by atoms with Crippen LogP contribution in [0.4, 0.5) is 0 Å². The van der Waals surface area contributed by atoms with Gasteiger partial charge in [-0.15, -0.1) is 0 Å². The maximum atomic E-state index is 12.0. The van der Waals surface area contributed by atoms with Gasteiger partial charge in [0.25, 0.3) is 0 Å². The summed E-state index contributed by atoms with van der Waals surface area (Å²) in [7, 11) is 0. The number of amides is 1. The van der Waals surface area contributed by atoms with E-state index in [0.29, 0.717) is 25.3 Å². The molecule has 0 bridgehead atoms. The molecule has 0 spiro atoms. The van der Waals surface area contributed by atoms with Crippen LogP contribution in [0.5, 0.6) is 11.5 Å². The molecule has 160 valence electrons. The molecule has 0 radical (unpaired) electrons. The van der Waals surface area contributed by atoms with E-state index in [0.717, 1.165) is 37.9 Å². The molecule has 1 amide bonds. The zero-order valence-electron chi connectivity index (χ0n) is 16.3. The molecule has 0 aromatic heterocycles. The molecule has 0 saturated carbocycles. The highest BCUT2D eigenvalue weighted by Gasteiger charge is 2.14. The molecule has 1 aromatic carbocycles. The standard InChI is InChI=1S/C20H28N2O7/c23-18(4-2-14-5-8-21-9-6-14)22-10-7-15-1-3-16(28-12-19(24)25)17(11-15)29-13-20(26)27/h1,3,11,14,21H,2,4-10,12-13H2,(H,22,23)(H,24,25)(H,26,27). The Kier molecular flexibility index (Phi) is 9.23. The van der Waals surface area contributed by atoms with Gasteiger partial charge in [-0.3, -0.25) is 4.79 Å². The van der Waals surface area contributed by atoms with Crippen molar-refractivity contribution < 1.29 is 34.1 Å². The molecule has 2 rings (SSSR count). The summed E-state index contributed by atoms with van der Waals surface area (Å²) in [5.74, 6) is -1.36. The minimum absolute atomic E-state index is 0.0206. The van der Waals surface area contributed by atoms with Crippen molar-refractivity contribution in [3.8, 4) is 11.5 Å². The highest BCUT2D eigenvalue weighted by atomic mass is 16.5. The number of carboxylic acid groups (broad SMARTS) is 2. The quantitative estimate of drug-likeness (QED) is 0.403. The lowest BCUT2D eigenvalue weighted by Gasteiger charge is -2.22. The van der Waals surface area contributed by atoms with Crippen LogP contribution >= 0.6 is 0 Å². The lowest BCUT2D eigenvalue weighted by Crippen LogP contribution is -2.30. The number of hydrogen-bond donors (Lipinski definition) is 4. The van der Waals surface area contributed by atoms with Crippen LogP contribution in [0, 0.1) is 5.92 Å². The third-order valence-corrected chi connectivity index (χ3v) is 4.68. The molecule has 1 aliphatic heterocycles. The van der Waals surface area contributed by atoms with Gasteiger partial charge in [0, 0.05) is 13.0 Å². The Morgan fingerprint density at radius 3 is 2.34 bits per heavy atom. The maximum Gasteiger partial charge on any atom is 0.341 e. The van der Waals surface area contributed by atoms with Crippen molar-refractivity contribution in [2.24, 2.45) is 5.92 Å². The van der Waals surface area contributed by atoms with E-state index in [-0.39, 0.29) is 17.4 Å². The van der Waals surface area contributed by atoms with Crippen LogP contribution < -0.4 is 20.1 Å². The minimum Gasteiger partial charge on any atom is -0.479 e. The zero-order chi connectivity index (χ0) is 21.1. The number of ether oxygens (including phenoxy) is 2. The van der Waals surface area contributed by atoms with Crippen LogP contribution in [0.3, 0.4) is 0 Å². The predicted octanol–water partition coefficient (Wildman–Crippen LogP) is 1.05. The summed E-state index contributed by atoms with van der Waals surface area (Å²) in [6, 6.07) is 4.86. The highest BCUT2D eigenvalue weighted by molar-refractivity contribution is 5.75. The Morgan fingerprint density at radius 1 is 1.03 bits per heavy atom. The number of carbonyl (C=O) groups excluding carboxylic acids is 1. The summed E-state index contributed by atoms with van der Waals surface area (Å²) < 4.78 is 10.3. The van der Waals surface area contributed by atoms with Gasteiger partial charge in [0.15, 0.2) is 24.7 Å². The summed E-state index contributed by atoms with van der Waals surface area (Å²) in [5.41, 5.74) is 0.812. The monoisotopic (exact) mass is 408 g/mol. The summed E-state index contributed by atoms with van der Waals surface area (Å²) in [4.78, 5) is 33.5. The van der Waals surface area contributed by atoms with Gasteiger partial charge in [-0.1, -0.05) is 6.07 Å². The first-order chi connectivity index (χ1) is 13.9. The van der Waals surface area contributed by atoms with Crippen LogP contribution in [0.2, 0.25) is 0 Å². The molecule has 9 heteroatoms. The van der Waals surface area contributed by atoms with Crippen molar-refractivity contribution in [3.63, 3.8) is 0 Å². The fourth-order valence-corrected chi connectivity index (χ4v) is 3.16. The maximum absolute atomic E-state index is 12.0. The van der Waals surface area contributed by atoms with E-state index in [2.05, 4.69) is 10.6 Å². The first-order valence-electron chi connectivity index (χ1n) is 9.73. The second kappa shape index (κ2) is 11.9. The van der Waals surface area contributed by atoms with E-state index in [1.165, 1.54) is 6.07 Å². The van der Waals surface area contributed by atoms with Crippen LogP contribution in [-0.4, -0.2) is 60.9 Å². The van der Waals surface area contributed by atoms with Crippen molar-refractivity contribution in [1.82, 2.24) is 10.6 Å². The van der Waals surface area contributed by atoms with Crippen molar-refractivity contribution in [2.75, 3.05) is 32.8 Å². The average Bonchev–Trinajstić information content (AvgIpc) is 2.70. The Morgan fingerprint density at radius 2 is 1.69 bits per heavy atom. The van der Waals surface area contributed by atoms with E-state index >= 15 is 0 Å². The third-order valence-electron chi connectivity index (χ3n) is 4.68. The number of aliphatic carboxylic acids is 2. The first kappa shape index (κ1) is 22.5. The minimum atomic E-state index is -1.15. The second-order valence-electron chi connectivity index (χ2n) is 6.98. The largest absolute Gasteiger partial charge is 0.479 e. The molecule has 1 aliphatic rings. The van der Waals surface area contributed by atoms with Crippen molar-refractivity contribution in [1.29, 1.82) is 0 Å². The fraction of sp³-hybridized carbons (Fsp3) is 0.550. The van der Waals surface area contributed by atoms with Gasteiger partial charge in [0.2, 0.25) is 5.91 Å². The van der Waals surface area contributed by atoms with E-state index < -0.39 is 25.2 Å². The fourth-order valence-electron chi connectivity index (χ4n) is 3.16. The highest BCUT2D eigenvalue weighted by Crippen LogP contribution is 2.28. The van der Waals surface area contributed by atoms with Crippen LogP contribution in [0.15, 0.2) is 18.2 Å². The number of hydrogen-bond acceptors (Lipinski definition) is 6. The van der Waals surface area contributed by atoms with Crippen LogP contribution in [0.25, 0.3) is 0 Å². The number of nitrogens with one attached hydrogen (secondary N) is 2. The number of rotatable bonds is 12. The molecule has 29 heavy (non-hydrogen) atoms. The van der Waals surface area contributed by atoms with Crippen LogP contribution in [0.1, 0.15) is 31.2 Å². The molecule has 1 aromatic rings. The van der Waals surface area contributed by atoms with Crippen molar-refractivity contribution >= 4 is 17.8 Å². The number of carbonyl (C=O) groups is 3. The molecule has 1 fully saturated rings. The number of piperidine rings is 1. The molecule has 0 atom stereocenters. The van der Waals surface area contributed by atoms with Crippen molar-refractivity contribution in [3.05, 3.63) is 23.8 Å². The van der Waals surface area contributed by atoms with Gasteiger partial charge in [0.05, 0.1) is 0 Å². The Labute approximate surface area is 169 Å². The normalized spacial score (nSPS) is 14.2. The molecule has 1 saturated heterocycles. The molecular formula is C20H28N2O7. The molecule has 0 aliphatic carbocycles. The lowest BCUT2D eigenvalue weighted by atomic mass is 9.93. The van der Waals surface area contributed by atoms with E-state index in [4.69, 9.17) is 19.7 Å². The molecule has 4 N–H and O–H groups in total. The molecule has 0 unspecified atom stereocenters. The van der Waals surface area contributed by atoms with Gasteiger partial charge in [-0.05, 0) is 62.4 Å². The second-order valence-corrected chi connectivity index (χ2v) is 6.98. The van der Waals surface area contributed by atoms with Gasteiger partial charge in [-0.2, -0.15) is 0 Å². The predicted molar refractivity (Wildman–Crippen MR) is 104 cm³/mol. The molecular weight excluding hydrogens is 380 g/mol. The van der Waals surface area contributed by atoms with E-state index in [1.54, 1.807) is 12.1 Å². The van der Waals surface area contributed by atoms with Crippen molar-refractivity contribution in [2.45, 2.75) is 32.1 Å². The van der Waals surface area contributed by atoms with Gasteiger partial charge in [0.1, 0.15) is 0 Å². The lowest BCUT2D eigenvalue weighted by molar-refractivity contribution is -0.140. The Bertz CT molecular complexity index is 702. The first-order valence-corrected chi connectivity index (χ1v) is 9.73. The van der Waals surface area contributed by atoms with Gasteiger partial charge < -0.3 is 30.3 Å². The van der Waals surface area contributed by atoms with E-state index in [9.17, 15) is 14.4 Å². The number of benzene rings is 1. The van der Waals surface area contributed by atoms with Crippen LogP contribution in [-0.2, 0) is 20.8 Å². The topological polar surface area (TPSA) is 134 Å². The average molecular weight is 408 g/mol. The molecule has 1 heterocycles. The summed E-state index contributed by atoms with van der Waals surface area (Å²) >= 11 is 0. The van der Waals surface area contributed by atoms with Gasteiger partial charge in [-0.25, -0.2) is 9.59 Å². The Balaban J connectivity index is 1.81. The third kappa shape index (κ3) is 8.82.